The molecule has 1 aliphatic heterocycles. The Morgan fingerprint density at radius 2 is 2.56 bits per heavy atom. The van der Waals surface area contributed by atoms with E-state index in [2.05, 4.69) is 27.9 Å². The molecule has 0 spiro atoms. The molecular weight excluding hydrogens is 202 g/mol. The van der Waals surface area contributed by atoms with E-state index in [9.17, 15) is 0 Å². The van der Waals surface area contributed by atoms with Crippen molar-refractivity contribution >= 4 is 0 Å². The second-order valence-electron chi connectivity index (χ2n) is 4.28. The number of nitrogens with zero attached hydrogens (tertiary/aromatic N) is 2. The van der Waals surface area contributed by atoms with Gasteiger partial charge in [0.2, 0.25) is 0 Å². The van der Waals surface area contributed by atoms with Crippen molar-refractivity contribution in [3.05, 3.63) is 31.1 Å². The molecule has 1 aliphatic rings. The highest BCUT2D eigenvalue weighted by Crippen LogP contribution is 2.09. The predicted molar refractivity (Wildman–Crippen MR) is 62.9 cm³/mol. The van der Waals surface area contributed by atoms with E-state index in [0.717, 1.165) is 25.9 Å². The number of ether oxygens (including phenoxy) is 1. The van der Waals surface area contributed by atoms with Crippen LogP contribution >= 0.6 is 0 Å². The minimum atomic E-state index is 0.329. The summed E-state index contributed by atoms with van der Waals surface area (Å²) in [6, 6.07) is 0.434. The Morgan fingerprint density at radius 3 is 3.25 bits per heavy atom. The van der Waals surface area contributed by atoms with Crippen LogP contribution in [-0.2, 0) is 11.3 Å². The molecule has 1 N–H and O–H groups in total. The third-order valence-electron chi connectivity index (χ3n) is 2.76. The van der Waals surface area contributed by atoms with Gasteiger partial charge in [-0.15, -0.1) is 0 Å². The Morgan fingerprint density at radius 1 is 1.62 bits per heavy atom. The van der Waals surface area contributed by atoms with Crippen LogP contribution in [0.15, 0.2) is 31.1 Å². The van der Waals surface area contributed by atoms with Gasteiger partial charge in [0.15, 0.2) is 0 Å². The molecule has 2 heterocycles. The van der Waals surface area contributed by atoms with Gasteiger partial charge in [0.25, 0.3) is 0 Å². The zero-order chi connectivity index (χ0) is 11.2. The SMILES string of the molecule is CC(Cn1ccnc1)NCC1CCC=CO1. The highest BCUT2D eigenvalue weighted by molar-refractivity contribution is 4.84. The zero-order valence-corrected chi connectivity index (χ0v) is 9.67. The quantitative estimate of drug-likeness (QED) is 0.820. The lowest BCUT2D eigenvalue weighted by Gasteiger charge is -2.22. The average molecular weight is 221 g/mol. The minimum Gasteiger partial charge on any atom is -0.497 e. The van der Waals surface area contributed by atoms with Gasteiger partial charge in [0.05, 0.1) is 12.6 Å². The van der Waals surface area contributed by atoms with Crippen molar-refractivity contribution < 1.29 is 4.74 Å². The fourth-order valence-corrected chi connectivity index (χ4v) is 1.84. The van der Waals surface area contributed by atoms with Crippen LogP contribution in [0.2, 0.25) is 0 Å². The van der Waals surface area contributed by atoms with E-state index in [0.29, 0.717) is 12.1 Å². The Hall–Kier alpha value is -1.29. The van der Waals surface area contributed by atoms with Crippen molar-refractivity contribution in [2.45, 2.75) is 38.5 Å². The van der Waals surface area contributed by atoms with Gasteiger partial charge in [0.1, 0.15) is 6.10 Å². The van der Waals surface area contributed by atoms with Crippen LogP contribution in [0.25, 0.3) is 0 Å². The lowest BCUT2D eigenvalue weighted by Crippen LogP contribution is -2.37. The topological polar surface area (TPSA) is 39.1 Å². The Balaban J connectivity index is 1.67. The molecule has 0 aliphatic carbocycles. The summed E-state index contributed by atoms with van der Waals surface area (Å²) in [6.45, 7) is 4.04. The van der Waals surface area contributed by atoms with E-state index >= 15 is 0 Å². The molecule has 1 aromatic rings. The van der Waals surface area contributed by atoms with Crippen LogP contribution in [0.5, 0.6) is 0 Å². The molecule has 0 saturated carbocycles. The molecule has 2 unspecified atom stereocenters. The van der Waals surface area contributed by atoms with Crippen LogP contribution in [0.4, 0.5) is 0 Å². The summed E-state index contributed by atoms with van der Waals surface area (Å²) >= 11 is 0. The van der Waals surface area contributed by atoms with Crippen molar-refractivity contribution in [2.75, 3.05) is 6.54 Å². The van der Waals surface area contributed by atoms with Crippen molar-refractivity contribution in [2.24, 2.45) is 0 Å². The fourth-order valence-electron chi connectivity index (χ4n) is 1.84. The highest BCUT2D eigenvalue weighted by Gasteiger charge is 2.12. The zero-order valence-electron chi connectivity index (χ0n) is 9.67. The summed E-state index contributed by atoms with van der Waals surface area (Å²) in [4.78, 5) is 4.03. The number of nitrogens with one attached hydrogen (secondary N) is 1. The molecule has 16 heavy (non-hydrogen) atoms. The second kappa shape index (κ2) is 5.70. The van der Waals surface area contributed by atoms with E-state index in [1.54, 1.807) is 0 Å². The van der Waals surface area contributed by atoms with Crippen molar-refractivity contribution in [3.8, 4) is 0 Å². The summed E-state index contributed by atoms with van der Waals surface area (Å²) < 4.78 is 7.58. The molecular formula is C12H19N3O. The normalized spacial score (nSPS) is 21.7. The number of hydrogen-bond acceptors (Lipinski definition) is 3. The number of hydrogen-bond donors (Lipinski definition) is 1. The first-order valence-electron chi connectivity index (χ1n) is 5.84. The van der Waals surface area contributed by atoms with Gasteiger partial charge in [-0.25, -0.2) is 4.98 Å². The molecule has 0 aromatic carbocycles. The molecule has 88 valence electrons. The van der Waals surface area contributed by atoms with E-state index in [4.69, 9.17) is 4.74 Å². The fraction of sp³-hybridized carbons (Fsp3) is 0.583. The third-order valence-corrected chi connectivity index (χ3v) is 2.76. The van der Waals surface area contributed by atoms with Gasteiger partial charge < -0.3 is 14.6 Å². The van der Waals surface area contributed by atoms with E-state index in [1.807, 2.05) is 25.0 Å². The minimum absolute atomic E-state index is 0.329. The molecule has 0 radical (unpaired) electrons. The van der Waals surface area contributed by atoms with Crippen LogP contribution < -0.4 is 5.32 Å². The van der Waals surface area contributed by atoms with Crippen molar-refractivity contribution in [1.29, 1.82) is 0 Å². The molecule has 1 aromatic heterocycles. The van der Waals surface area contributed by atoms with E-state index < -0.39 is 0 Å². The molecule has 0 amide bonds. The number of allylic oxidation sites excluding steroid dienone is 1. The highest BCUT2D eigenvalue weighted by atomic mass is 16.5. The van der Waals surface area contributed by atoms with Crippen LogP contribution in [-0.4, -0.2) is 28.2 Å². The summed E-state index contributed by atoms with van der Waals surface area (Å²) in [6.07, 6.45) is 12.1. The van der Waals surface area contributed by atoms with Crippen LogP contribution in [0, 0.1) is 0 Å². The lowest BCUT2D eigenvalue weighted by molar-refractivity contribution is 0.119. The van der Waals surface area contributed by atoms with Gasteiger partial charge in [-0.2, -0.15) is 0 Å². The van der Waals surface area contributed by atoms with Gasteiger partial charge in [-0.1, -0.05) is 0 Å². The Bertz CT molecular complexity index is 321. The summed E-state index contributed by atoms with van der Waals surface area (Å²) in [5, 5.41) is 3.48. The second-order valence-corrected chi connectivity index (χ2v) is 4.28. The standard InChI is InChI=1S/C12H19N3O/c1-11(9-15-6-5-13-10-15)14-8-12-4-2-3-7-16-12/h3,5-7,10-12,14H,2,4,8-9H2,1H3. The maximum Gasteiger partial charge on any atom is 0.110 e. The van der Waals surface area contributed by atoms with E-state index in [1.165, 1.54) is 0 Å². The van der Waals surface area contributed by atoms with Crippen LogP contribution in [0.3, 0.4) is 0 Å². The van der Waals surface area contributed by atoms with Crippen molar-refractivity contribution in [3.63, 3.8) is 0 Å². The predicted octanol–water partition coefficient (Wildman–Crippen LogP) is 1.55. The number of rotatable bonds is 5. The Labute approximate surface area is 96.3 Å². The average Bonchev–Trinajstić information content (AvgIpc) is 2.81. The first kappa shape index (κ1) is 11.2. The smallest absolute Gasteiger partial charge is 0.110 e. The van der Waals surface area contributed by atoms with Gasteiger partial charge in [0, 0.05) is 31.5 Å². The summed E-state index contributed by atoms with van der Waals surface area (Å²) in [5.41, 5.74) is 0. The largest absolute Gasteiger partial charge is 0.497 e. The number of aromatic nitrogens is 2. The summed E-state index contributed by atoms with van der Waals surface area (Å²) in [5.74, 6) is 0. The first-order chi connectivity index (χ1) is 7.84. The molecule has 4 nitrogen and oxygen atoms in total. The number of imidazole rings is 1. The van der Waals surface area contributed by atoms with Crippen LogP contribution in [0.1, 0.15) is 19.8 Å². The molecule has 4 heteroatoms. The molecule has 0 saturated heterocycles. The monoisotopic (exact) mass is 221 g/mol. The van der Waals surface area contributed by atoms with Gasteiger partial charge in [-0.05, 0) is 25.8 Å². The first-order valence-corrected chi connectivity index (χ1v) is 5.84. The van der Waals surface area contributed by atoms with Gasteiger partial charge in [-0.3, -0.25) is 0 Å². The van der Waals surface area contributed by atoms with E-state index in [-0.39, 0.29) is 0 Å². The summed E-state index contributed by atoms with van der Waals surface area (Å²) in [7, 11) is 0. The van der Waals surface area contributed by atoms with Crippen molar-refractivity contribution in [1.82, 2.24) is 14.9 Å². The lowest BCUT2D eigenvalue weighted by atomic mass is 10.1. The molecule has 0 bridgehead atoms. The molecule has 2 rings (SSSR count). The Kier molecular flexibility index (Phi) is 3.99. The maximum atomic E-state index is 5.50. The third kappa shape index (κ3) is 3.38. The molecule has 0 fully saturated rings. The maximum absolute atomic E-state index is 5.50. The van der Waals surface area contributed by atoms with Gasteiger partial charge >= 0.3 is 0 Å². The molecule has 2 atom stereocenters.